The first-order chi connectivity index (χ1) is 7.66. The van der Waals surface area contributed by atoms with Gasteiger partial charge in [0.05, 0.1) is 0 Å². The van der Waals surface area contributed by atoms with Crippen LogP contribution in [0, 0.1) is 11.8 Å². The molecule has 0 atom stereocenters. The molecular weight excluding hydrogens is 208 g/mol. The van der Waals surface area contributed by atoms with Gasteiger partial charge in [0.2, 0.25) is 0 Å². The highest BCUT2D eigenvalue weighted by Gasteiger charge is 1.99. The summed E-state index contributed by atoms with van der Waals surface area (Å²) in [7, 11) is 0. The van der Waals surface area contributed by atoms with E-state index in [0.29, 0.717) is 32.4 Å². The number of carboxylic acids is 1. The Hall–Kier alpha value is -1.70. The summed E-state index contributed by atoms with van der Waals surface area (Å²) in [6.45, 7) is 2.78. The van der Waals surface area contributed by atoms with Gasteiger partial charge in [-0.1, -0.05) is 0 Å². The molecule has 0 aliphatic rings. The zero-order valence-corrected chi connectivity index (χ0v) is 9.51. The van der Waals surface area contributed by atoms with E-state index in [2.05, 4.69) is 22.5 Å². The first kappa shape index (κ1) is 14.3. The molecule has 0 unspecified atom stereocenters. The van der Waals surface area contributed by atoms with E-state index >= 15 is 0 Å². The number of hydrogen-bond acceptors (Lipinski definition) is 2. The van der Waals surface area contributed by atoms with Crippen LogP contribution >= 0.6 is 0 Å². The summed E-state index contributed by atoms with van der Waals surface area (Å²) < 4.78 is 0. The summed E-state index contributed by atoms with van der Waals surface area (Å²) in [5.74, 6) is 4.77. The summed E-state index contributed by atoms with van der Waals surface area (Å²) in [4.78, 5) is 21.3. The number of rotatable bonds is 7. The van der Waals surface area contributed by atoms with Gasteiger partial charge in [0.1, 0.15) is 0 Å². The molecule has 0 saturated heterocycles. The SMILES string of the molecule is CC#CCCNC(=O)NCCCCC(=O)O. The molecule has 0 rings (SSSR count). The predicted molar refractivity (Wildman–Crippen MR) is 61.0 cm³/mol. The van der Waals surface area contributed by atoms with Crippen LogP contribution < -0.4 is 10.6 Å². The monoisotopic (exact) mass is 226 g/mol. The number of unbranched alkanes of at least 4 members (excludes halogenated alkanes) is 1. The number of nitrogens with one attached hydrogen (secondary N) is 2. The summed E-state index contributed by atoms with van der Waals surface area (Å²) in [5, 5.41) is 13.7. The van der Waals surface area contributed by atoms with E-state index in [0.717, 1.165) is 0 Å². The zero-order valence-electron chi connectivity index (χ0n) is 9.51. The highest BCUT2D eigenvalue weighted by Crippen LogP contribution is 1.92. The molecule has 2 amide bonds. The van der Waals surface area contributed by atoms with Crippen molar-refractivity contribution in [2.75, 3.05) is 13.1 Å². The summed E-state index contributed by atoms with van der Waals surface area (Å²) in [6.07, 6.45) is 2.05. The zero-order chi connectivity index (χ0) is 12.2. The van der Waals surface area contributed by atoms with Crippen LogP contribution in [0.1, 0.15) is 32.6 Å². The van der Waals surface area contributed by atoms with Gasteiger partial charge in [0.15, 0.2) is 0 Å². The minimum absolute atomic E-state index is 0.148. The normalized spacial score (nSPS) is 8.81. The second-order valence-corrected chi connectivity index (χ2v) is 3.21. The van der Waals surface area contributed by atoms with Crippen molar-refractivity contribution in [3.05, 3.63) is 0 Å². The van der Waals surface area contributed by atoms with Crippen molar-refractivity contribution < 1.29 is 14.7 Å². The minimum atomic E-state index is -0.803. The van der Waals surface area contributed by atoms with Gasteiger partial charge >= 0.3 is 12.0 Å². The maximum atomic E-state index is 11.1. The molecule has 0 aromatic rings. The Morgan fingerprint density at radius 2 is 1.88 bits per heavy atom. The van der Waals surface area contributed by atoms with Crippen LogP contribution in [0.2, 0.25) is 0 Å². The first-order valence-corrected chi connectivity index (χ1v) is 5.30. The molecular formula is C11H18N2O3. The molecule has 0 aliphatic heterocycles. The Morgan fingerprint density at radius 3 is 2.50 bits per heavy atom. The lowest BCUT2D eigenvalue weighted by molar-refractivity contribution is -0.137. The number of carbonyl (C=O) groups excluding carboxylic acids is 1. The number of urea groups is 1. The average Bonchev–Trinajstić information content (AvgIpc) is 2.23. The van der Waals surface area contributed by atoms with Crippen molar-refractivity contribution in [2.45, 2.75) is 32.6 Å². The smallest absolute Gasteiger partial charge is 0.314 e. The van der Waals surface area contributed by atoms with Gasteiger partial charge in [-0.15, -0.1) is 11.8 Å². The first-order valence-electron chi connectivity index (χ1n) is 5.30. The van der Waals surface area contributed by atoms with Gasteiger partial charge < -0.3 is 15.7 Å². The van der Waals surface area contributed by atoms with E-state index in [4.69, 9.17) is 5.11 Å². The minimum Gasteiger partial charge on any atom is -0.481 e. The summed E-state index contributed by atoms with van der Waals surface area (Å²) >= 11 is 0. The van der Waals surface area contributed by atoms with E-state index in [-0.39, 0.29) is 12.5 Å². The third-order valence-electron chi connectivity index (χ3n) is 1.82. The van der Waals surface area contributed by atoms with Crippen LogP contribution in [-0.2, 0) is 4.79 Å². The van der Waals surface area contributed by atoms with Crippen molar-refractivity contribution in [1.82, 2.24) is 10.6 Å². The van der Waals surface area contributed by atoms with Gasteiger partial charge in [-0.05, 0) is 19.8 Å². The number of carbonyl (C=O) groups is 2. The largest absolute Gasteiger partial charge is 0.481 e. The Labute approximate surface area is 95.6 Å². The molecule has 16 heavy (non-hydrogen) atoms. The van der Waals surface area contributed by atoms with Gasteiger partial charge in [-0.25, -0.2) is 4.79 Å². The average molecular weight is 226 g/mol. The second kappa shape index (κ2) is 9.84. The highest BCUT2D eigenvalue weighted by atomic mass is 16.4. The molecule has 0 spiro atoms. The summed E-state index contributed by atoms with van der Waals surface area (Å²) in [5.41, 5.74) is 0. The molecule has 0 fully saturated rings. The van der Waals surface area contributed by atoms with Crippen molar-refractivity contribution in [2.24, 2.45) is 0 Å². The van der Waals surface area contributed by atoms with Crippen LogP contribution in [0.4, 0.5) is 4.79 Å². The number of carboxylic acid groups (broad SMARTS) is 1. The van der Waals surface area contributed by atoms with E-state index in [1.165, 1.54) is 0 Å². The Balaban J connectivity index is 3.29. The number of hydrogen-bond donors (Lipinski definition) is 3. The topological polar surface area (TPSA) is 78.4 Å². The summed E-state index contributed by atoms with van der Waals surface area (Å²) in [6, 6.07) is -0.228. The molecule has 0 saturated carbocycles. The Kier molecular flexibility index (Phi) is 8.79. The molecule has 0 bridgehead atoms. The molecule has 0 aliphatic carbocycles. The Bertz CT molecular complexity index is 279. The molecule has 0 heterocycles. The lowest BCUT2D eigenvalue weighted by atomic mass is 10.2. The lowest BCUT2D eigenvalue weighted by Crippen LogP contribution is -2.36. The third-order valence-corrected chi connectivity index (χ3v) is 1.82. The number of amides is 2. The molecule has 5 nitrogen and oxygen atoms in total. The van der Waals surface area contributed by atoms with Crippen LogP contribution in [0.15, 0.2) is 0 Å². The molecule has 0 radical (unpaired) electrons. The van der Waals surface area contributed by atoms with Crippen LogP contribution in [0.25, 0.3) is 0 Å². The van der Waals surface area contributed by atoms with E-state index < -0.39 is 5.97 Å². The number of aliphatic carboxylic acids is 1. The van der Waals surface area contributed by atoms with Gasteiger partial charge in [-0.3, -0.25) is 4.79 Å². The van der Waals surface area contributed by atoms with Crippen molar-refractivity contribution >= 4 is 12.0 Å². The molecule has 0 aromatic carbocycles. The van der Waals surface area contributed by atoms with Gasteiger partial charge in [-0.2, -0.15) is 0 Å². The molecule has 90 valence electrons. The molecule has 5 heteroatoms. The van der Waals surface area contributed by atoms with E-state index in [1.54, 1.807) is 6.92 Å². The maximum absolute atomic E-state index is 11.1. The van der Waals surface area contributed by atoms with Crippen LogP contribution in [0.3, 0.4) is 0 Å². The van der Waals surface area contributed by atoms with Crippen molar-refractivity contribution in [1.29, 1.82) is 0 Å². The fraction of sp³-hybridized carbons (Fsp3) is 0.636. The maximum Gasteiger partial charge on any atom is 0.314 e. The van der Waals surface area contributed by atoms with Crippen molar-refractivity contribution in [3.63, 3.8) is 0 Å². The molecule has 3 N–H and O–H groups in total. The van der Waals surface area contributed by atoms with E-state index in [1.807, 2.05) is 0 Å². The van der Waals surface area contributed by atoms with Gasteiger partial charge in [0, 0.05) is 25.9 Å². The Morgan fingerprint density at radius 1 is 1.19 bits per heavy atom. The quantitative estimate of drug-likeness (QED) is 0.447. The fourth-order valence-corrected chi connectivity index (χ4v) is 1.03. The molecule has 0 aromatic heterocycles. The second-order valence-electron chi connectivity index (χ2n) is 3.21. The predicted octanol–water partition coefficient (Wildman–Crippen LogP) is 0.954. The van der Waals surface area contributed by atoms with Crippen molar-refractivity contribution in [3.8, 4) is 11.8 Å². The van der Waals surface area contributed by atoms with Crippen LogP contribution in [0.5, 0.6) is 0 Å². The third kappa shape index (κ3) is 10.4. The van der Waals surface area contributed by atoms with Gasteiger partial charge in [0.25, 0.3) is 0 Å². The van der Waals surface area contributed by atoms with Crippen LogP contribution in [-0.4, -0.2) is 30.2 Å². The standard InChI is InChI=1S/C11H18N2O3/c1-2-3-5-8-12-11(16)13-9-6-4-7-10(14)15/h4-9H2,1H3,(H,14,15)(H2,12,13,16). The fourth-order valence-electron chi connectivity index (χ4n) is 1.03. The highest BCUT2D eigenvalue weighted by molar-refractivity contribution is 5.73. The van der Waals surface area contributed by atoms with E-state index in [9.17, 15) is 9.59 Å². The lowest BCUT2D eigenvalue weighted by Gasteiger charge is -2.05.